The fraction of sp³-hybridized carbons (Fsp3) is 0. The molecule has 2 aromatic heterocycles. The van der Waals surface area contributed by atoms with Gasteiger partial charge in [0.1, 0.15) is 5.65 Å². The minimum absolute atomic E-state index is 0.123. The largest absolute Gasteiger partial charge is 0.476 e. The summed E-state index contributed by atoms with van der Waals surface area (Å²) in [7, 11) is 0. The molecule has 6 nitrogen and oxygen atoms in total. The van der Waals surface area contributed by atoms with E-state index in [-0.39, 0.29) is 11.5 Å². The summed E-state index contributed by atoms with van der Waals surface area (Å²) in [6, 6.07) is 16.7. The van der Waals surface area contributed by atoms with Crippen LogP contribution in [0.3, 0.4) is 0 Å². The highest BCUT2D eigenvalue weighted by Gasteiger charge is 2.18. The van der Waals surface area contributed by atoms with E-state index in [1.54, 1.807) is 18.3 Å². The molecule has 0 aliphatic rings. The van der Waals surface area contributed by atoms with Crippen LogP contribution in [-0.2, 0) is 0 Å². The Morgan fingerprint density at radius 1 is 1.04 bits per heavy atom. The van der Waals surface area contributed by atoms with Gasteiger partial charge in [-0.05, 0) is 23.6 Å². The third-order valence-electron chi connectivity index (χ3n) is 3.78. The first-order valence-corrected chi connectivity index (χ1v) is 7.82. The fourth-order valence-corrected chi connectivity index (χ4v) is 2.80. The maximum Gasteiger partial charge on any atom is 0.358 e. The van der Waals surface area contributed by atoms with Gasteiger partial charge in [-0.15, -0.1) is 10.2 Å². The molecule has 0 unspecified atom stereocenters. The number of aromatic carboxylic acids is 1. The molecule has 0 saturated heterocycles. The first kappa shape index (κ1) is 15.3. The molecule has 0 fully saturated rings. The van der Waals surface area contributed by atoms with E-state index in [0.717, 1.165) is 10.8 Å². The molecular weight excluding hydrogens is 340 g/mol. The summed E-state index contributed by atoms with van der Waals surface area (Å²) in [5, 5.41) is 20.2. The monoisotopic (exact) mass is 350 g/mol. The second-order valence-electron chi connectivity index (χ2n) is 5.36. The van der Waals surface area contributed by atoms with Crippen molar-refractivity contribution in [1.29, 1.82) is 0 Å². The maximum atomic E-state index is 11.5. The molecule has 0 bridgehead atoms. The topological polar surface area (TPSA) is 79.3 Å². The van der Waals surface area contributed by atoms with Crippen molar-refractivity contribution in [3.05, 3.63) is 71.5 Å². The molecule has 0 atom stereocenters. The van der Waals surface area contributed by atoms with Crippen molar-refractivity contribution in [3.8, 4) is 0 Å². The molecule has 0 spiro atoms. The van der Waals surface area contributed by atoms with Crippen molar-refractivity contribution in [2.75, 3.05) is 0 Å². The van der Waals surface area contributed by atoms with Gasteiger partial charge in [-0.2, -0.15) is 0 Å². The number of nitrogens with zero attached hydrogens (tertiary/aromatic N) is 4. The first-order chi connectivity index (χ1) is 12.1. The summed E-state index contributed by atoms with van der Waals surface area (Å²) in [5.41, 5.74) is 0.909. The SMILES string of the molecule is O=C(O)c1nc2ccc(Cl)cn2c1N=Nc1cccc2ccccc12. The standard InChI is InChI=1S/C18H11ClN4O2/c19-12-8-9-15-20-16(18(24)25)17(23(15)10-12)22-21-14-7-3-5-11-4-1-2-6-13(11)14/h1-10H,(H,24,25). The number of carboxylic acid groups (broad SMARTS) is 1. The molecule has 4 rings (SSSR count). The number of hydrogen-bond acceptors (Lipinski definition) is 4. The average molecular weight is 351 g/mol. The minimum Gasteiger partial charge on any atom is -0.476 e. The van der Waals surface area contributed by atoms with Crippen LogP contribution in [0.5, 0.6) is 0 Å². The van der Waals surface area contributed by atoms with Gasteiger partial charge in [0.15, 0.2) is 11.5 Å². The Labute approximate surface area is 147 Å². The van der Waals surface area contributed by atoms with Gasteiger partial charge in [0, 0.05) is 11.6 Å². The maximum absolute atomic E-state index is 11.5. The van der Waals surface area contributed by atoms with Gasteiger partial charge >= 0.3 is 5.97 Å². The molecule has 4 aromatic rings. The second kappa shape index (κ2) is 5.99. The van der Waals surface area contributed by atoms with Crippen LogP contribution >= 0.6 is 11.6 Å². The van der Waals surface area contributed by atoms with Crippen LogP contribution in [0, 0.1) is 0 Å². The smallest absolute Gasteiger partial charge is 0.358 e. The van der Waals surface area contributed by atoms with Crippen LogP contribution < -0.4 is 0 Å². The van der Waals surface area contributed by atoms with Gasteiger partial charge in [0.25, 0.3) is 0 Å². The third-order valence-corrected chi connectivity index (χ3v) is 4.00. The lowest BCUT2D eigenvalue weighted by Gasteiger charge is -2.01. The highest BCUT2D eigenvalue weighted by molar-refractivity contribution is 6.30. The Kier molecular flexibility index (Phi) is 3.66. The van der Waals surface area contributed by atoms with E-state index in [9.17, 15) is 9.90 Å². The van der Waals surface area contributed by atoms with Gasteiger partial charge in [0.2, 0.25) is 0 Å². The van der Waals surface area contributed by atoms with E-state index in [1.807, 2.05) is 42.5 Å². The molecule has 7 heteroatoms. The van der Waals surface area contributed by atoms with Gasteiger partial charge in [-0.3, -0.25) is 4.40 Å². The van der Waals surface area contributed by atoms with E-state index in [4.69, 9.17) is 11.6 Å². The van der Waals surface area contributed by atoms with Gasteiger partial charge < -0.3 is 5.11 Å². The number of hydrogen-bond donors (Lipinski definition) is 1. The normalized spacial score (nSPS) is 11.6. The summed E-state index contributed by atoms with van der Waals surface area (Å²) >= 11 is 6.01. The number of imidazole rings is 1. The summed E-state index contributed by atoms with van der Waals surface area (Å²) < 4.78 is 1.51. The molecular formula is C18H11ClN4O2. The lowest BCUT2D eigenvalue weighted by molar-refractivity contribution is 0.0692. The molecule has 0 saturated carbocycles. The summed E-state index contributed by atoms with van der Waals surface area (Å²) in [6.45, 7) is 0. The van der Waals surface area contributed by atoms with Crippen molar-refractivity contribution in [2.45, 2.75) is 0 Å². The number of halogens is 1. The molecule has 25 heavy (non-hydrogen) atoms. The number of benzene rings is 2. The minimum atomic E-state index is -1.17. The Morgan fingerprint density at radius 3 is 2.68 bits per heavy atom. The number of carbonyl (C=O) groups is 1. The number of aromatic nitrogens is 2. The number of azo groups is 1. The zero-order chi connectivity index (χ0) is 17.4. The van der Waals surface area contributed by atoms with Crippen molar-refractivity contribution < 1.29 is 9.90 Å². The summed E-state index contributed by atoms with van der Waals surface area (Å²) in [5.74, 6) is -1.05. The molecule has 2 aromatic carbocycles. The average Bonchev–Trinajstić information content (AvgIpc) is 2.98. The zero-order valence-corrected chi connectivity index (χ0v) is 13.6. The fourth-order valence-electron chi connectivity index (χ4n) is 2.64. The van der Waals surface area contributed by atoms with E-state index < -0.39 is 5.97 Å². The van der Waals surface area contributed by atoms with E-state index in [1.165, 1.54) is 4.40 Å². The van der Waals surface area contributed by atoms with Crippen molar-refractivity contribution in [2.24, 2.45) is 10.2 Å². The van der Waals surface area contributed by atoms with Crippen LogP contribution in [0.15, 0.2) is 71.0 Å². The Balaban J connectivity index is 1.89. The number of rotatable bonds is 3. The molecule has 1 N–H and O–H groups in total. The van der Waals surface area contributed by atoms with Crippen molar-refractivity contribution in [1.82, 2.24) is 9.38 Å². The molecule has 122 valence electrons. The van der Waals surface area contributed by atoms with E-state index in [2.05, 4.69) is 15.2 Å². The van der Waals surface area contributed by atoms with Crippen LogP contribution in [0.1, 0.15) is 10.5 Å². The lowest BCUT2D eigenvalue weighted by Crippen LogP contribution is -1.96. The highest BCUT2D eigenvalue weighted by atomic mass is 35.5. The predicted octanol–water partition coefficient (Wildman–Crippen LogP) is 5.25. The first-order valence-electron chi connectivity index (χ1n) is 7.44. The van der Waals surface area contributed by atoms with Crippen LogP contribution in [-0.4, -0.2) is 20.5 Å². The Morgan fingerprint density at radius 2 is 1.84 bits per heavy atom. The Hall–Kier alpha value is -3.25. The molecule has 0 amide bonds. The molecule has 0 aliphatic carbocycles. The third kappa shape index (κ3) is 2.72. The van der Waals surface area contributed by atoms with Crippen LogP contribution in [0.4, 0.5) is 11.5 Å². The predicted molar refractivity (Wildman–Crippen MR) is 95.3 cm³/mol. The Bertz CT molecular complexity index is 1150. The number of pyridine rings is 1. The number of carboxylic acids is 1. The van der Waals surface area contributed by atoms with Crippen molar-refractivity contribution in [3.63, 3.8) is 0 Å². The van der Waals surface area contributed by atoms with Gasteiger partial charge in [-0.25, -0.2) is 9.78 Å². The van der Waals surface area contributed by atoms with Crippen LogP contribution in [0.25, 0.3) is 16.4 Å². The second-order valence-corrected chi connectivity index (χ2v) is 5.80. The zero-order valence-electron chi connectivity index (χ0n) is 12.8. The van der Waals surface area contributed by atoms with E-state index >= 15 is 0 Å². The van der Waals surface area contributed by atoms with Gasteiger partial charge in [-0.1, -0.05) is 48.0 Å². The molecule has 0 radical (unpaired) electrons. The van der Waals surface area contributed by atoms with Gasteiger partial charge in [0.05, 0.1) is 10.7 Å². The van der Waals surface area contributed by atoms with Crippen molar-refractivity contribution >= 4 is 45.5 Å². The summed E-state index contributed by atoms with van der Waals surface area (Å²) in [6.07, 6.45) is 1.56. The number of fused-ring (bicyclic) bond motifs is 2. The highest BCUT2D eigenvalue weighted by Crippen LogP contribution is 2.29. The lowest BCUT2D eigenvalue weighted by atomic mass is 10.1. The molecule has 0 aliphatic heterocycles. The quantitative estimate of drug-likeness (QED) is 0.512. The molecule has 2 heterocycles. The van der Waals surface area contributed by atoms with E-state index in [0.29, 0.717) is 16.4 Å². The van der Waals surface area contributed by atoms with Crippen LogP contribution in [0.2, 0.25) is 5.02 Å². The summed E-state index contributed by atoms with van der Waals surface area (Å²) in [4.78, 5) is 15.6.